The lowest BCUT2D eigenvalue weighted by atomic mass is 9.93. The lowest BCUT2D eigenvalue weighted by Gasteiger charge is -2.21. The highest BCUT2D eigenvalue weighted by molar-refractivity contribution is 5.69. The summed E-state index contributed by atoms with van der Waals surface area (Å²) in [5.41, 5.74) is -0.237. The third kappa shape index (κ3) is 3.52. The van der Waals surface area contributed by atoms with Crippen molar-refractivity contribution in [3.63, 3.8) is 0 Å². The minimum absolute atomic E-state index is 0.0273. The number of benzene rings is 2. The Morgan fingerprint density at radius 3 is 1.86 bits per heavy atom. The van der Waals surface area contributed by atoms with Crippen molar-refractivity contribution >= 4 is 5.57 Å². The summed E-state index contributed by atoms with van der Waals surface area (Å²) in [5.74, 6) is 0. The van der Waals surface area contributed by atoms with Crippen LogP contribution in [0.1, 0.15) is 24.2 Å². The third-order valence-corrected chi connectivity index (χ3v) is 3.30. The average Bonchev–Trinajstić information content (AvgIpc) is 2.47. The van der Waals surface area contributed by atoms with Gasteiger partial charge >= 0.3 is 6.18 Å². The Bertz CT molecular complexity index is 615. The number of alkyl halides is 3. The summed E-state index contributed by atoms with van der Waals surface area (Å²) < 4.78 is 40.1. The number of hydrogen-bond acceptors (Lipinski definition) is 1. The number of aliphatic hydroxyl groups is 1. The monoisotopic (exact) mass is 292 g/mol. The van der Waals surface area contributed by atoms with E-state index in [0.29, 0.717) is 5.56 Å². The maximum atomic E-state index is 13.4. The molecule has 110 valence electrons. The highest BCUT2D eigenvalue weighted by Crippen LogP contribution is 2.40. The van der Waals surface area contributed by atoms with E-state index in [1.807, 2.05) is 0 Å². The van der Waals surface area contributed by atoms with E-state index in [2.05, 4.69) is 0 Å². The van der Waals surface area contributed by atoms with Crippen molar-refractivity contribution in [3.05, 3.63) is 77.4 Å². The molecule has 1 N–H and O–H groups in total. The molecule has 1 unspecified atom stereocenters. The van der Waals surface area contributed by atoms with E-state index in [9.17, 15) is 18.3 Å². The maximum Gasteiger partial charge on any atom is 0.415 e. The van der Waals surface area contributed by atoms with Crippen LogP contribution in [0.2, 0.25) is 0 Å². The molecular formula is C17H15F3O. The topological polar surface area (TPSA) is 20.2 Å². The van der Waals surface area contributed by atoms with E-state index in [-0.39, 0.29) is 11.1 Å². The van der Waals surface area contributed by atoms with E-state index in [1.165, 1.54) is 19.1 Å². The zero-order valence-electron chi connectivity index (χ0n) is 11.4. The molecule has 0 radical (unpaired) electrons. The minimum Gasteiger partial charge on any atom is -0.384 e. The molecule has 1 nitrogen and oxygen atoms in total. The summed E-state index contributed by atoms with van der Waals surface area (Å²) in [6.45, 7) is 1.38. The molecule has 21 heavy (non-hydrogen) atoms. The summed E-state index contributed by atoms with van der Waals surface area (Å²) in [7, 11) is 0. The molecule has 0 saturated carbocycles. The van der Waals surface area contributed by atoms with Crippen LogP contribution in [0.3, 0.4) is 0 Å². The van der Waals surface area contributed by atoms with Crippen LogP contribution in [0.15, 0.2) is 66.2 Å². The summed E-state index contributed by atoms with van der Waals surface area (Å²) in [5, 5.41) is 10.2. The number of allylic oxidation sites excluding steroid dienone is 1. The van der Waals surface area contributed by atoms with Crippen molar-refractivity contribution in [2.75, 3.05) is 0 Å². The van der Waals surface area contributed by atoms with E-state index < -0.39 is 17.9 Å². The van der Waals surface area contributed by atoms with Crippen molar-refractivity contribution in [2.45, 2.75) is 19.2 Å². The normalized spacial score (nSPS) is 14.5. The van der Waals surface area contributed by atoms with Gasteiger partial charge < -0.3 is 5.11 Å². The molecule has 0 amide bonds. The summed E-state index contributed by atoms with van der Waals surface area (Å²) >= 11 is 0. The summed E-state index contributed by atoms with van der Waals surface area (Å²) in [6, 6.07) is 16.1. The van der Waals surface area contributed by atoms with Gasteiger partial charge in [0.25, 0.3) is 0 Å². The van der Waals surface area contributed by atoms with Crippen LogP contribution >= 0.6 is 0 Å². The lowest BCUT2D eigenvalue weighted by molar-refractivity contribution is -0.105. The van der Waals surface area contributed by atoms with Crippen LogP contribution in [-0.2, 0) is 0 Å². The fourth-order valence-electron chi connectivity index (χ4n) is 2.22. The van der Waals surface area contributed by atoms with Crippen molar-refractivity contribution in [2.24, 2.45) is 0 Å². The van der Waals surface area contributed by atoms with E-state index in [0.717, 1.165) is 0 Å². The van der Waals surface area contributed by atoms with Crippen LogP contribution in [-0.4, -0.2) is 11.3 Å². The first kappa shape index (κ1) is 15.3. The van der Waals surface area contributed by atoms with E-state index >= 15 is 0 Å². The molecular weight excluding hydrogens is 277 g/mol. The number of hydrogen-bond donors (Lipinski definition) is 1. The molecule has 0 heterocycles. The predicted octanol–water partition coefficient (Wildman–Crippen LogP) is 4.76. The smallest absolute Gasteiger partial charge is 0.384 e. The van der Waals surface area contributed by atoms with Gasteiger partial charge in [0.05, 0.1) is 5.57 Å². The molecule has 2 aromatic carbocycles. The summed E-state index contributed by atoms with van der Waals surface area (Å²) in [6.07, 6.45) is -6.30. The maximum absolute atomic E-state index is 13.4. The predicted molar refractivity (Wildman–Crippen MR) is 76.5 cm³/mol. The van der Waals surface area contributed by atoms with Gasteiger partial charge in [0, 0.05) is 0 Å². The molecule has 0 spiro atoms. The molecule has 1 atom stereocenters. The molecule has 0 saturated heterocycles. The standard InChI is InChI=1S/C17H15F3O/c1-12(13-8-4-2-5-9-13)15(17(18,19)20)16(21)14-10-6-3-7-11-14/h2-11,16,21H,1H3/b15-12-. The van der Waals surface area contributed by atoms with Crippen molar-refractivity contribution < 1.29 is 18.3 Å². The number of aliphatic hydroxyl groups excluding tert-OH is 1. The van der Waals surface area contributed by atoms with Gasteiger partial charge in [0.15, 0.2) is 0 Å². The Kier molecular flexibility index (Phi) is 4.48. The van der Waals surface area contributed by atoms with Gasteiger partial charge in [-0.3, -0.25) is 0 Å². The highest BCUT2D eigenvalue weighted by atomic mass is 19.4. The molecule has 2 rings (SSSR count). The van der Waals surface area contributed by atoms with Crippen molar-refractivity contribution in [1.29, 1.82) is 0 Å². The first-order valence-electron chi connectivity index (χ1n) is 6.47. The Hall–Kier alpha value is -2.07. The zero-order chi connectivity index (χ0) is 15.5. The SMILES string of the molecule is C/C(=C(\C(O)c1ccccc1)C(F)(F)F)c1ccccc1. The molecule has 0 aromatic heterocycles. The average molecular weight is 292 g/mol. The van der Waals surface area contributed by atoms with Gasteiger partial charge in [-0.05, 0) is 23.6 Å². The van der Waals surface area contributed by atoms with Crippen LogP contribution in [0, 0.1) is 0 Å². The largest absolute Gasteiger partial charge is 0.415 e. The molecule has 2 aromatic rings. The van der Waals surface area contributed by atoms with Gasteiger partial charge in [-0.2, -0.15) is 13.2 Å². The number of rotatable bonds is 3. The Balaban J connectivity index is 2.55. The molecule has 0 aliphatic carbocycles. The summed E-state index contributed by atoms with van der Waals surface area (Å²) in [4.78, 5) is 0. The van der Waals surface area contributed by atoms with Crippen LogP contribution in [0.25, 0.3) is 5.57 Å². The van der Waals surface area contributed by atoms with E-state index in [1.54, 1.807) is 48.5 Å². The second-order valence-electron chi connectivity index (χ2n) is 4.72. The Morgan fingerprint density at radius 2 is 1.38 bits per heavy atom. The molecule has 4 heteroatoms. The lowest BCUT2D eigenvalue weighted by Crippen LogP contribution is -2.20. The van der Waals surface area contributed by atoms with Crippen LogP contribution in [0.4, 0.5) is 13.2 Å². The fourth-order valence-corrected chi connectivity index (χ4v) is 2.22. The third-order valence-electron chi connectivity index (χ3n) is 3.30. The zero-order valence-corrected chi connectivity index (χ0v) is 11.4. The first-order chi connectivity index (χ1) is 9.91. The van der Waals surface area contributed by atoms with Gasteiger partial charge in [-0.1, -0.05) is 60.7 Å². The molecule has 0 aliphatic heterocycles. The second-order valence-corrected chi connectivity index (χ2v) is 4.72. The van der Waals surface area contributed by atoms with Crippen LogP contribution < -0.4 is 0 Å². The molecule has 0 aliphatic rings. The highest BCUT2D eigenvalue weighted by Gasteiger charge is 2.40. The van der Waals surface area contributed by atoms with Gasteiger partial charge in [0.1, 0.15) is 6.10 Å². The molecule has 0 bridgehead atoms. The van der Waals surface area contributed by atoms with Gasteiger partial charge in [-0.25, -0.2) is 0 Å². The van der Waals surface area contributed by atoms with Gasteiger partial charge in [-0.15, -0.1) is 0 Å². The molecule has 0 fully saturated rings. The van der Waals surface area contributed by atoms with E-state index in [4.69, 9.17) is 0 Å². The van der Waals surface area contributed by atoms with Gasteiger partial charge in [0.2, 0.25) is 0 Å². The second kappa shape index (κ2) is 6.14. The van der Waals surface area contributed by atoms with Crippen LogP contribution in [0.5, 0.6) is 0 Å². The fraction of sp³-hybridized carbons (Fsp3) is 0.176. The Labute approximate surface area is 121 Å². The van der Waals surface area contributed by atoms with Crippen molar-refractivity contribution in [3.8, 4) is 0 Å². The number of halogens is 3. The Morgan fingerprint density at radius 1 is 0.905 bits per heavy atom. The quantitative estimate of drug-likeness (QED) is 0.865. The van der Waals surface area contributed by atoms with Crippen molar-refractivity contribution in [1.82, 2.24) is 0 Å². The minimum atomic E-state index is -4.60. The first-order valence-corrected chi connectivity index (χ1v) is 6.47.